The molecule has 15 heavy (non-hydrogen) atoms. The molecule has 0 saturated carbocycles. The maximum atomic E-state index is 6.08. The lowest BCUT2D eigenvalue weighted by Crippen LogP contribution is -2.13. The molecule has 0 unspecified atom stereocenters. The summed E-state index contributed by atoms with van der Waals surface area (Å²) in [5.74, 6) is 0. The summed E-state index contributed by atoms with van der Waals surface area (Å²) in [4.78, 5) is 4.52. The van der Waals surface area contributed by atoms with E-state index in [9.17, 15) is 0 Å². The van der Waals surface area contributed by atoms with Crippen molar-refractivity contribution in [2.45, 2.75) is 19.9 Å². The lowest BCUT2D eigenvalue weighted by molar-refractivity contribution is 0.673. The number of fused-ring (bicyclic) bond motifs is 1. The van der Waals surface area contributed by atoms with Gasteiger partial charge in [-0.25, -0.2) is 4.98 Å². The van der Waals surface area contributed by atoms with Gasteiger partial charge in [0.2, 0.25) is 0 Å². The number of hydrogen-bond acceptors (Lipinski definition) is 3. The fourth-order valence-electron chi connectivity index (χ4n) is 1.41. The van der Waals surface area contributed by atoms with Crippen molar-refractivity contribution in [2.75, 3.05) is 6.54 Å². The molecular formula is C11H13ClN2S. The lowest BCUT2D eigenvalue weighted by Gasteiger charge is -1.97. The van der Waals surface area contributed by atoms with Crippen molar-refractivity contribution in [3.8, 4) is 0 Å². The number of benzene rings is 1. The van der Waals surface area contributed by atoms with E-state index in [4.69, 9.17) is 11.6 Å². The summed E-state index contributed by atoms with van der Waals surface area (Å²) in [5, 5.41) is 5.24. The molecule has 1 heterocycles. The highest BCUT2D eigenvalue weighted by molar-refractivity contribution is 7.19. The molecule has 0 saturated heterocycles. The molecule has 2 rings (SSSR count). The SMILES string of the molecule is CCCNCc1nc2cccc(Cl)c2s1. The number of nitrogens with zero attached hydrogens (tertiary/aromatic N) is 1. The Kier molecular flexibility index (Phi) is 3.57. The molecule has 80 valence electrons. The highest BCUT2D eigenvalue weighted by atomic mass is 35.5. The molecule has 0 radical (unpaired) electrons. The fourth-order valence-corrected chi connectivity index (χ4v) is 2.63. The second-order valence-corrected chi connectivity index (χ2v) is 4.86. The van der Waals surface area contributed by atoms with Crippen LogP contribution in [-0.4, -0.2) is 11.5 Å². The molecule has 0 aliphatic heterocycles. The number of hydrogen-bond donors (Lipinski definition) is 1. The second kappa shape index (κ2) is 4.92. The van der Waals surface area contributed by atoms with Crippen molar-refractivity contribution in [3.63, 3.8) is 0 Å². The first-order chi connectivity index (χ1) is 7.31. The van der Waals surface area contributed by atoms with Crippen molar-refractivity contribution in [1.29, 1.82) is 0 Å². The molecule has 0 spiro atoms. The normalized spacial score (nSPS) is 11.1. The topological polar surface area (TPSA) is 24.9 Å². The molecule has 4 heteroatoms. The summed E-state index contributed by atoms with van der Waals surface area (Å²) < 4.78 is 1.09. The Bertz CT molecular complexity index is 453. The van der Waals surface area contributed by atoms with Crippen LogP contribution >= 0.6 is 22.9 Å². The molecule has 0 fully saturated rings. The van der Waals surface area contributed by atoms with Gasteiger partial charge < -0.3 is 5.32 Å². The smallest absolute Gasteiger partial charge is 0.108 e. The van der Waals surface area contributed by atoms with Crippen LogP contribution in [0.3, 0.4) is 0 Å². The van der Waals surface area contributed by atoms with E-state index in [0.29, 0.717) is 0 Å². The zero-order valence-electron chi connectivity index (χ0n) is 8.59. The first-order valence-corrected chi connectivity index (χ1v) is 6.25. The zero-order chi connectivity index (χ0) is 10.7. The minimum Gasteiger partial charge on any atom is -0.310 e. The molecule has 2 nitrogen and oxygen atoms in total. The Hall–Kier alpha value is -0.640. The lowest BCUT2D eigenvalue weighted by atomic mass is 10.3. The van der Waals surface area contributed by atoms with E-state index in [2.05, 4.69) is 17.2 Å². The third-order valence-electron chi connectivity index (χ3n) is 2.11. The van der Waals surface area contributed by atoms with Crippen molar-refractivity contribution in [3.05, 3.63) is 28.2 Å². The average Bonchev–Trinajstić information content (AvgIpc) is 2.63. The Morgan fingerprint density at radius 3 is 3.07 bits per heavy atom. The predicted octanol–water partition coefficient (Wildman–Crippen LogP) is 3.45. The quantitative estimate of drug-likeness (QED) is 0.828. The number of aromatic nitrogens is 1. The van der Waals surface area contributed by atoms with Crippen LogP contribution in [0.1, 0.15) is 18.4 Å². The third kappa shape index (κ3) is 2.48. The minimum atomic E-state index is 0.798. The van der Waals surface area contributed by atoms with Crippen LogP contribution in [0.4, 0.5) is 0 Å². The summed E-state index contributed by atoms with van der Waals surface area (Å²) >= 11 is 7.75. The summed E-state index contributed by atoms with van der Waals surface area (Å²) in [6.07, 6.45) is 1.14. The number of thiazole rings is 1. The van der Waals surface area contributed by atoms with Crippen LogP contribution in [0.2, 0.25) is 5.02 Å². The number of rotatable bonds is 4. The molecule has 0 aliphatic rings. The second-order valence-electron chi connectivity index (χ2n) is 3.37. The number of nitrogens with one attached hydrogen (secondary N) is 1. The Labute approximate surface area is 98.3 Å². The molecular weight excluding hydrogens is 228 g/mol. The van der Waals surface area contributed by atoms with Crippen LogP contribution in [0.25, 0.3) is 10.2 Å². The maximum Gasteiger partial charge on any atom is 0.108 e. The predicted molar refractivity (Wildman–Crippen MR) is 66.6 cm³/mol. The summed E-state index contributed by atoms with van der Waals surface area (Å²) in [6.45, 7) is 4.02. The monoisotopic (exact) mass is 240 g/mol. The van der Waals surface area contributed by atoms with Gasteiger partial charge in [0.05, 0.1) is 15.2 Å². The standard InChI is InChI=1S/C11H13ClN2S/c1-2-6-13-7-10-14-9-5-3-4-8(12)11(9)15-10/h3-5,13H,2,6-7H2,1H3. The third-order valence-corrected chi connectivity index (χ3v) is 3.65. The summed E-state index contributed by atoms with van der Waals surface area (Å²) in [7, 11) is 0. The van der Waals surface area contributed by atoms with E-state index in [-0.39, 0.29) is 0 Å². The molecule has 0 atom stereocenters. The number of halogens is 1. The first kappa shape index (κ1) is 10.9. The molecule has 1 aromatic carbocycles. The molecule has 1 N–H and O–H groups in total. The van der Waals surface area contributed by atoms with E-state index in [1.165, 1.54) is 0 Å². The fraction of sp³-hybridized carbons (Fsp3) is 0.364. The van der Waals surface area contributed by atoms with Gasteiger partial charge in [0.15, 0.2) is 0 Å². The summed E-state index contributed by atoms with van der Waals surface area (Å²) in [6, 6.07) is 5.85. The highest BCUT2D eigenvalue weighted by Gasteiger charge is 2.05. The average molecular weight is 241 g/mol. The van der Waals surface area contributed by atoms with Gasteiger partial charge in [-0.05, 0) is 25.1 Å². The van der Waals surface area contributed by atoms with E-state index >= 15 is 0 Å². The molecule has 2 aromatic rings. The molecule has 0 amide bonds. The van der Waals surface area contributed by atoms with Gasteiger partial charge in [-0.15, -0.1) is 11.3 Å². The largest absolute Gasteiger partial charge is 0.310 e. The van der Waals surface area contributed by atoms with Gasteiger partial charge >= 0.3 is 0 Å². The summed E-state index contributed by atoms with van der Waals surface area (Å²) in [5.41, 5.74) is 1.00. The Balaban J connectivity index is 2.20. The van der Waals surface area contributed by atoms with Gasteiger partial charge in [-0.1, -0.05) is 24.6 Å². The van der Waals surface area contributed by atoms with Crippen LogP contribution in [-0.2, 0) is 6.54 Å². The molecule has 0 aliphatic carbocycles. The van der Waals surface area contributed by atoms with Gasteiger partial charge in [0, 0.05) is 6.54 Å². The van der Waals surface area contributed by atoms with Crippen molar-refractivity contribution in [1.82, 2.24) is 10.3 Å². The minimum absolute atomic E-state index is 0.798. The van der Waals surface area contributed by atoms with Gasteiger partial charge in [-0.2, -0.15) is 0 Å². The van der Waals surface area contributed by atoms with Crippen LogP contribution in [0, 0.1) is 0 Å². The van der Waals surface area contributed by atoms with Crippen molar-refractivity contribution in [2.24, 2.45) is 0 Å². The molecule has 1 aromatic heterocycles. The van der Waals surface area contributed by atoms with Crippen molar-refractivity contribution < 1.29 is 0 Å². The van der Waals surface area contributed by atoms with Gasteiger partial charge in [0.25, 0.3) is 0 Å². The van der Waals surface area contributed by atoms with Crippen molar-refractivity contribution >= 4 is 33.2 Å². The van der Waals surface area contributed by atoms with Crippen LogP contribution in [0.5, 0.6) is 0 Å². The Morgan fingerprint density at radius 2 is 2.33 bits per heavy atom. The van der Waals surface area contributed by atoms with Crippen LogP contribution in [0.15, 0.2) is 18.2 Å². The van der Waals surface area contributed by atoms with E-state index in [1.54, 1.807) is 11.3 Å². The molecule has 0 bridgehead atoms. The highest BCUT2D eigenvalue weighted by Crippen LogP contribution is 2.28. The van der Waals surface area contributed by atoms with Gasteiger partial charge in [0.1, 0.15) is 5.01 Å². The van der Waals surface area contributed by atoms with E-state index in [0.717, 1.165) is 39.8 Å². The maximum absolute atomic E-state index is 6.08. The van der Waals surface area contributed by atoms with Gasteiger partial charge in [-0.3, -0.25) is 0 Å². The zero-order valence-corrected chi connectivity index (χ0v) is 10.2. The first-order valence-electron chi connectivity index (χ1n) is 5.06. The Morgan fingerprint density at radius 1 is 1.47 bits per heavy atom. The van der Waals surface area contributed by atoms with Crippen LogP contribution < -0.4 is 5.32 Å². The van der Waals surface area contributed by atoms with E-state index in [1.807, 2.05) is 18.2 Å². The van der Waals surface area contributed by atoms with E-state index < -0.39 is 0 Å².